The second-order valence-corrected chi connectivity index (χ2v) is 8.19. The smallest absolute Gasteiger partial charge is 0.255 e. The summed E-state index contributed by atoms with van der Waals surface area (Å²) in [6, 6.07) is 21.2. The topological polar surface area (TPSA) is 87.3 Å². The van der Waals surface area contributed by atoms with Gasteiger partial charge in [0.2, 0.25) is 5.91 Å². The molecule has 6 heteroatoms. The van der Waals surface area contributed by atoms with Crippen molar-refractivity contribution in [2.45, 2.75) is 20.3 Å². The lowest BCUT2D eigenvalue weighted by Gasteiger charge is -2.12. The van der Waals surface area contributed by atoms with Crippen LogP contribution in [-0.2, 0) is 4.79 Å². The molecule has 1 aliphatic carbocycles. The van der Waals surface area contributed by atoms with E-state index in [0.717, 1.165) is 12.0 Å². The normalized spacial score (nSPS) is 16.7. The fourth-order valence-electron chi connectivity index (χ4n) is 3.48. The van der Waals surface area contributed by atoms with Crippen LogP contribution in [-0.4, -0.2) is 17.7 Å². The van der Waals surface area contributed by atoms with E-state index in [0.29, 0.717) is 34.1 Å². The molecule has 0 heterocycles. The van der Waals surface area contributed by atoms with Crippen molar-refractivity contribution in [2.24, 2.45) is 11.8 Å². The Kier molecular flexibility index (Phi) is 6.03. The molecule has 1 aliphatic rings. The number of benzene rings is 3. The predicted octanol–water partition coefficient (Wildman–Crippen LogP) is 5.09. The summed E-state index contributed by atoms with van der Waals surface area (Å²) in [5.41, 5.74) is 3.63. The van der Waals surface area contributed by atoms with Gasteiger partial charge in [0.1, 0.15) is 0 Å². The van der Waals surface area contributed by atoms with Crippen LogP contribution >= 0.6 is 0 Å². The third-order valence-corrected chi connectivity index (χ3v) is 5.62. The summed E-state index contributed by atoms with van der Waals surface area (Å²) in [5, 5.41) is 8.64. The van der Waals surface area contributed by atoms with Gasteiger partial charge in [0.15, 0.2) is 0 Å². The van der Waals surface area contributed by atoms with E-state index in [2.05, 4.69) is 16.0 Å². The minimum Gasteiger partial charge on any atom is -0.326 e. The van der Waals surface area contributed by atoms with Crippen molar-refractivity contribution in [3.63, 3.8) is 0 Å². The Morgan fingerprint density at radius 3 is 2.12 bits per heavy atom. The summed E-state index contributed by atoms with van der Waals surface area (Å²) < 4.78 is 0. The largest absolute Gasteiger partial charge is 0.326 e. The van der Waals surface area contributed by atoms with E-state index in [9.17, 15) is 14.4 Å². The molecule has 0 aliphatic heterocycles. The number of nitrogens with one attached hydrogen (secondary N) is 3. The Morgan fingerprint density at radius 1 is 0.750 bits per heavy atom. The maximum absolute atomic E-state index is 12.8. The molecule has 3 N–H and O–H groups in total. The molecule has 4 rings (SSSR count). The molecule has 0 aromatic heterocycles. The fourth-order valence-corrected chi connectivity index (χ4v) is 3.48. The van der Waals surface area contributed by atoms with Gasteiger partial charge in [0, 0.05) is 34.1 Å². The molecular weight excluding hydrogens is 402 g/mol. The van der Waals surface area contributed by atoms with Gasteiger partial charge in [0.05, 0.1) is 0 Å². The fraction of sp³-hybridized carbons (Fsp3) is 0.192. The second kappa shape index (κ2) is 9.06. The Hall–Kier alpha value is -3.93. The first-order valence-corrected chi connectivity index (χ1v) is 10.6. The number of amides is 3. The van der Waals surface area contributed by atoms with Gasteiger partial charge in [-0.25, -0.2) is 0 Å². The maximum Gasteiger partial charge on any atom is 0.255 e. The van der Waals surface area contributed by atoms with Crippen LogP contribution in [0.4, 0.5) is 17.1 Å². The summed E-state index contributed by atoms with van der Waals surface area (Å²) in [7, 11) is 0. The van der Waals surface area contributed by atoms with Crippen molar-refractivity contribution >= 4 is 34.8 Å². The van der Waals surface area contributed by atoms with Gasteiger partial charge >= 0.3 is 0 Å². The number of carbonyl (C=O) groups is 3. The molecule has 3 aromatic rings. The third kappa shape index (κ3) is 5.03. The van der Waals surface area contributed by atoms with Crippen molar-refractivity contribution < 1.29 is 14.4 Å². The molecule has 0 spiro atoms. The standard InChI is InChI=1S/C26H25N3O3/c1-16-11-12-21(27-24(30)18-7-4-3-5-8-18)15-23(16)29-25(31)19-9-6-10-20(14-19)28-26(32)22-13-17(22)2/h3-12,14-15,17,22H,13H2,1-2H3,(H,27,30)(H,28,32)(H,29,31)/t17-,22+/m0/s1. The lowest BCUT2D eigenvalue weighted by molar-refractivity contribution is -0.117. The van der Waals surface area contributed by atoms with Crippen LogP contribution in [0.2, 0.25) is 0 Å². The molecular formula is C26H25N3O3. The van der Waals surface area contributed by atoms with Gasteiger partial charge in [-0.05, 0) is 67.3 Å². The van der Waals surface area contributed by atoms with Gasteiger partial charge in [-0.3, -0.25) is 14.4 Å². The van der Waals surface area contributed by atoms with Crippen LogP contribution in [0.15, 0.2) is 72.8 Å². The Morgan fingerprint density at radius 2 is 1.41 bits per heavy atom. The molecule has 1 saturated carbocycles. The van der Waals surface area contributed by atoms with Gasteiger partial charge in [-0.2, -0.15) is 0 Å². The Bertz CT molecular complexity index is 1170. The van der Waals surface area contributed by atoms with Crippen LogP contribution in [0.1, 0.15) is 39.6 Å². The Labute approximate surface area is 187 Å². The highest BCUT2D eigenvalue weighted by Gasteiger charge is 2.39. The van der Waals surface area contributed by atoms with E-state index >= 15 is 0 Å². The number of hydrogen-bond acceptors (Lipinski definition) is 3. The minimum atomic E-state index is -0.296. The SMILES string of the molecule is Cc1ccc(NC(=O)c2ccccc2)cc1NC(=O)c1cccc(NC(=O)[C@@H]2C[C@@H]2C)c1. The summed E-state index contributed by atoms with van der Waals surface area (Å²) in [4.78, 5) is 37.4. The summed E-state index contributed by atoms with van der Waals surface area (Å²) in [5.74, 6) is -0.0495. The zero-order valence-corrected chi connectivity index (χ0v) is 18.0. The highest BCUT2D eigenvalue weighted by molar-refractivity contribution is 6.07. The van der Waals surface area contributed by atoms with Crippen molar-refractivity contribution in [2.75, 3.05) is 16.0 Å². The first-order valence-electron chi connectivity index (χ1n) is 10.6. The lowest BCUT2D eigenvalue weighted by atomic mass is 10.1. The highest BCUT2D eigenvalue weighted by atomic mass is 16.2. The quantitative estimate of drug-likeness (QED) is 0.512. The van der Waals surface area contributed by atoms with E-state index in [4.69, 9.17) is 0 Å². The van der Waals surface area contributed by atoms with E-state index in [-0.39, 0.29) is 23.6 Å². The number of aryl methyl sites for hydroxylation is 1. The molecule has 0 radical (unpaired) electrons. The number of anilines is 3. The van der Waals surface area contributed by atoms with Gasteiger partial charge in [-0.15, -0.1) is 0 Å². The zero-order chi connectivity index (χ0) is 22.7. The first kappa shape index (κ1) is 21.3. The molecule has 3 aromatic carbocycles. The maximum atomic E-state index is 12.8. The number of rotatable bonds is 6. The highest BCUT2D eigenvalue weighted by Crippen LogP contribution is 2.38. The minimum absolute atomic E-state index is 0.00670. The van der Waals surface area contributed by atoms with Gasteiger partial charge in [-0.1, -0.05) is 37.3 Å². The lowest BCUT2D eigenvalue weighted by Crippen LogP contribution is -2.17. The van der Waals surface area contributed by atoms with Crippen molar-refractivity contribution in [1.82, 2.24) is 0 Å². The third-order valence-electron chi connectivity index (χ3n) is 5.62. The van der Waals surface area contributed by atoms with Crippen molar-refractivity contribution in [1.29, 1.82) is 0 Å². The molecule has 1 fully saturated rings. The summed E-state index contributed by atoms with van der Waals surface area (Å²) >= 11 is 0. The van der Waals surface area contributed by atoms with E-state index in [1.807, 2.05) is 26.0 Å². The molecule has 0 saturated heterocycles. The van der Waals surface area contributed by atoms with Crippen LogP contribution in [0.5, 0.6) is 0 Å². The number of carbonyl (C=O) groups excluding carboxylic acids is 3. The van der Waals surface area contributed by atoms with E-state index in [1.54, 1.807) is 60.7 Å². The van der Waals surface area contributed by atoms with Crippen LogP contribution < -0.4 is 16.0 Å². The summed E-state index contributed by atoms with van der Waals surface area (Å²) in [6.07, 6.45) is 0.905. The second-order valence-electron chi connectivity index (χ2n) is 8.19. The predicted molar refractivity (Wildman–Crippen MR) is 126 cm³/mol. The van der Waals surface area contributed by atoms with Gasteiger partial charge in [0.25, 0.3) is 11.8 Å². The monoisotopic (exact) mass is 427 g/mol. The Balaban J connectivity index is 1.45. The van der Waals surface area contributed by atoms with Gasteiger partial charge < -0.3 is 16.0 Å². The van der Waals surface area contributed by atoms with E-state index in [1.165, 1.54) is 0 Å². The molecule has 6 nitrogen and oxygen atoms in total. The first-order chi connectivity index (χ1) is 15.4. The van der Waals surface area contributed by atoms with Crippen LogP contribution in [0.3, 0.4) is 0 Å². The molecule has 2 atom stereocenters. The molecule has 0 bridgehead atoms. The van der Waals surface area contributed by atoms with Crippen molar-refractivity contribution in [3.8, 4) is 0 Å². The zero-order valence-electron chi connectivity index (χ0n) is 18.0. The number of hydrogen-bond donors (Lipinski definition) is 3. The molecule has 32 heavy (non-hydrogen) atoms. The van der Waals surface area contributed by atoms with Crippen LogP contribution in [0, 0.1) is 18.8 Å². The molecule has 3 amide bonds. The van der Waals surface area contributed by atoms with Crippen LogP contribution in [0.25, 0.3) is 0 Å². The van der Waals surface area contributed by atoms with E-state index < -0.39 is 0 Å². The average molecular weight is 428 g/mol. The molecule has 0 unspecified atom stereocenters. The summed E-state index contributed by atoms with van der Waals surface area (Å²) in [6.45, 7) is 3.93. The average Bonchev–Trinajstić information content (AvgIpc) is 3.53. The molecule has 162 valence electrons. The van der Waals surface area contributed by atoms with Crippen molar-refractivity contribution in [3.05, 3.63) is 89.5 Å².